The maximum absolute atomic E-state index is 12.6. The molecule has 1 aliphatic heterocycles. The molecule has 1 fully saturated rings. The summed E-state index contributed by atoms with van der Waals surface area (Å²) in [4.78, 5) is 25.3. The highest BCUT2D eigenvalue weighted by Crippen LogP contribution is 2.38. The minimum Gasteiger partial charge on any atom is -0.481 e. The number of benzene rings is 1. The largest absolute Gasteiger partial charge is 0.481 e. The minimum atomic E-state index is -0.787. The summed E-state index contributed by atoms with van der Waals surface area (Å²) >= 11 is 6.15. The topological polar surface area (TPSA) is 57.6 Å². The first-order valence-electron chi connectivity index (χ1n) is 6.89. The van der Waals surface area contributed by atoms with Gasteiger partial charge in [0.2, 0.25) is 5.91 Å². The zero-order valence-corrected chi connectivity index (χ0v) is 11.8. The molecule has 1 N–H and O–H groups in total. The highest BCUT2D eigenvalue weighted by Gasteiger charge is 2.38. The molecule has 3 rings (SSSR count). The SMILES string of the molecule is O=C(O)[C@H]1CC[C@@H](C(=O)N2CCc3c(Cl)cccc32)C1. The summed E-state index contributed by atoms with van der Waals surface area (Å²) < 4.78 is 0. The average Bonchev–Trinajstić information content (AvgIpc) is 3.05. The van der Waals surface area contributed by atoms with E-state index in [4.69, 9.17) is 16.7 Å². The van der Waals surface area contributed by atoms with Gasteiger partial charge in [0.25, 0.3) is 0 Å². The Labute approximate surface area is 122 Å². The van der Waals surface area contributed by atoms with E-state index in [1.54, 1.807) is 4.90 Å². The van der Waals surface area contributed by atoms with E-state index in [0.29, 0.717) is 30.8 Å². The fraction of sp³-hybridized carbons (Fsp3) is 0.467. The molecule has 1 heterocycles. The van der Waals surface area contributed by atoms with E-state index in [1.165, 1.54) is 0 Å². The molecular weight excluding hydrogens is 278 g/mol. The Kier molecular flexibility index (Phi) is 3.42. The van der Waals surface area contributed by atoms with E-state index in [0.717, 1.165) is 17.7 Å². The van der Waals surface area contributed by atoms with Gasteiger partial charge in [0.1, 0.15) is 0 Å². The van der Waals surface area contributed by atoms with Crippen LogP contribution in [0, 0.1) is 11.8 Å². The number of carboxylic acid groups (broad SMARTS) is 1. The lowest BCUT2D eigenvalue weighted by atomic mass is 10.0. The molecule has 0 saturated heterocycles. The summed E-state index contributed by atoms with van der Waals surface area (Å²) in [6, 6.07) is 5.60. The van der Waals surface area contributed by atoms with Gasteiger partial charge < -0.3 is 10.0 Å². The number of rotatable bonds is 2. The number of hydrogen-bond donors (Lipinski definition) is 1. The normalized spacial score (nSPS) is 24.8. The molecule has 0 aromatic heterocycles. The predicted molar refractivity (Wildman–Crippen MR) is 76.0 cm³/mol. The summed E-state index contributed by atoms with van der Waals surface area (Å²) in [6.45, 7) is 0.645. The van der Waals surface area contributed by atoms with E-state index in [2.05, 4.69) is 0 Å². The highest BCUT2D eigenvalue weighted by molar-refractivity contribution is 6.32. The van der Waals surface area contributed by atoms with E-state index in [1.807, 2.05) is 18.2 Å². The van der Waals surface area contributed by atoms with Crippen molar-refractivity contribution in [2.45, 2.75) is 25.7 Å². The Balaban J connectivity index is 1.78. The van der Waals surface area contributed by atoms with Crippen molar-refractivity contribution in [1.29, 1.82) is 0 Å². The van der Waals surface area contributed by atoms with Gasteiger partial charge in [-0.2, -0.15) is 0 Å². The molecule has 0 unspecified atom stereocenters. The smallest absolute Gasteiger partial charge is 0.306 e. The van der Waals surface area contributed by atoms with Crippen LogP contribution >= 0.6 is 11.6 Å². The number of carbonyl (C=O) groups is 2. The first-order chi connectivity index (χ1) is 9.58. The van der Waals surface area contributed by atoms with E-state index >= 15 is 0 Å². The van der Waals surface area contributed by atoms with Crippen LogP contribution in [-0.2, 0) is 16.0 Å². The quantitative estimate of drug-likeness (QED) is 0.912. The molecule has 0 spiro atoms. The molecule has 1 aromatic rings. The molecule has 2 aliphatic rings. The molecule has 20 heavy (non-hydrogen) atoms. The molecule has 1 aromatic carbocycles. The van der Waals surface area contributed by atoms with Gasteiger partial charge >= 0.3 is 5.97 Å². The summed E-state index contributed by atoms with van der Waals surface area (Å²) in [6.07, 6.45) is 2.50. The molecule has 1 amide bonds. The predicted octanol–water partition coefficient (Wildman–Crippen LogP) is 2.73. The van der Waals surface area contributed by atoms with Crippen LogP contribution in [-0.4, -0.2) is 23.5 Å². The fourth-order valence-corrected chi connectivity index (χ4v) is 3.54. The lowest BCUT2D eigenvalue weighted by molar-refractivity contribution is -0.141. The number of fused-ring (bicyclic) bond motifs is 1. The standard InChI is InChI=1S/C15H16ClNO3/c16-12-2-1-3-13-11(12)6-7-17(13)14(18)9-4-5-10(8-9)15(19)20/h1-3,9-10H,4-8H2,(H,19,20)/t9-,10+/m1/s1. The molecule has 1 aliphatic carbocycles. The Bertz CT molecular complexity index is 572. The van der Waals surface area contributed by atoms with Crippen LogP contribution in [0.25, 0.3) is 0 Å². The van der Waals surface area contributed by atoms with Gasteiger partial charge in [0.05, 0.1) is 5.92 Å². The van der Waals surface area contributed by atoms with E-state index in [9.17, 15) is 9.59 Å². The van der Waals surface area contributed by atoms with E-state index < -0.39 is 5.97 Å². The van der Waals surface area contributed by atoms with Crippen LogP contribution in [0.4, 0.5) is 5.69 Å². The molecule has 0 radical (unpaired) electrons. The molecule has 0 bridgehead atoms. The van der Waals surface area contributed by atoms with Crippen molar-refractivity contribution in [3.05, 3.63) is 28.8 Å². The first kappa shape index (κ1) is 13.4. The number of anilines is 1. The zero-order chi connectivity index (χ0) is 14.3. The Hall–Kier alpha value is -1.55. The van der Waals surface area contributed by atoms with Gasteiger partial charge in [0.15, 0.2) is 0 Å². The summed E-state index contributed by atoms with van der Waals surface area (Å²) in [5.41, 5.74) is 1.91. The molecule has 5 heteroatoms. The zero-order valence-electron chi connectivity index (χ0n) is 11.0. The Morgan fingerprint density at radius 1 is 1.25 bits per heavy atom. The monoisotopic (exact) mass is 293 g/mol. The van der Waals surface area contributed by atoms with Gasteiger partial charge in [-0.1, -0.05) is 17.7 Å². The van der Waals surface area contributed by atoms with Crippen molar-refractivity contribution >= 4 is 29.2 Å². The number of amides is 1. The van der Waals surface area contributed by atoms with Gasteiger partial charge in [0, 0.05) is 23.2 Å². The van der Waals surface area contributed by atoms with Crippen molar-refractivity contribution in [2.75, 3.05) is 11.4 Å². The van der Waals surface area contributed by atoms with Crippen molar-refractivity contribution in [3.63, 3.8) is 0 Å². The third-order valence-electron chi connectivity index (χ3n) is 4.37. The molecular formula is C15H16ClNO3. The second-order valence-electron chi connectivity index (χ2n) is 5.52. The maximum atomic E-state index is 12.6. The maximum Gasteiger partial charge on any atom is 0.306 e. The minimum absolute atomic E-state index is 0.0507. The van der Waals surface area contributed by atoms with E-state index in [-0.39, 0.29) is 17.7 Å². The van der Waals surface area contributed by atoms with Crippen LogP contribution in [0.15, 0.2) is 18.2 Å². The van der Waals surface area contributed by atoms with Gasteiger partial charge in [-0.25, -0.2) is 0 Å². The van der Waals surface area contributed by atoms with Crippen molar-refractivity contribution in [1.82, 2.24) is 0 Å². The third kappa shape index (κ3) is 2.18. The number of carbonyl (C=O) groups excluding carboxylic acids is 1. The van der Waals surface area contributed by atoms with Crippen LogP contribution in [0.1, 0.15) is 24.8 Å². The van der Waals surface area contributed by atoms with Gasteiger partial charge in [-0.15, -0.1) is 0 Å². The number of nitrogens with zero attached hydrogens (tertiary/aromatic N) is 1. The van der Waals surface area contributed by atoms with Crippen LogP contribution in [0.2, 0.25) is 5.02 Å². The van der Waals surface area contributed by atoms with Gasteiger partial charge in [-0.3, -0.25) is 9.59 Å². The summed E-state index contributed by atoms with van der Waals surface area (Å²) in [7, 11) is 0. The first-order valence-corrected chi connectivity index (χ1v) is 7.27. The summed E-state index contributed by atoms with van der Waals surface area (Å²) in [5.74, 6) is -1.27. The number of hydrogen-bond acceptors (Lipinski definition) is 2. The number of aliphatic carboxylic acids is 1. The lowest BCUT2D eigenvalue weighted by Gasteiger charge is -2.21. The molecule has 1 saturated carbocycles. The Morgan fingerprint density at radius 3 is 2.70 bits per heavy atom. The fourth-order valence-electron chi connectivity index (χ4n) is 3.27. The highest BCUT2D eigenvalue weighted by atomic mass is 35.5. The third-order valence-corrected chi connectivity index (χ3v) is 4.72. The average molecular weight is 294 g/mol. The number of halogens is 1. The second kappa shape index (κ2) is 5.09. The van der Waals surface area contributed by atoms with Crippen LogP contribution in [0.5, 0.6) is 0 Å². The van der Waals surface area contributed by atoms with Gasteiger partial charge in [-0.05, 0) is 43.4 Å². The molecule has 106 valence electrons. The van der Waals surface area contributed by atoms with Crippen molar-refractivity contribution < 1.29 is 14.7 Å². The summed E-state index contributed by atoms with van der Waals surface area (Å²) in [5, 5.41) is 9.73. The van der Waals surface area contributed by atoms with Crippen molar-refractivity contribution in [3.8, 4) is 0 Å². The lowest BCUT2D eigenvalue weighted by Crippen LogP contribution is -2.34. The molecule has 2 atom stereocenters. The van der Waals surface area contributed by atoms with Crippen molar-refractivity contribution in [2.24, 2.45) is 11.8 Å². The molecule has 4 nitrogen and oxygen atoms in total. The van der Waals surface area contributed by atoms with Crippen LogP contribution in [0.3, 0.4) is 0 Å². The second-order valence-corrected chi connectivity index (χ2v) is 5.93. The van der Waals surface area contributed by atoms with Crippen LogP contribution < -0.4 is 4.90 Å². The number of carboxylic acids is 1. The Morgan fingerprint density at radius 2 is 2.00 bits per heavy atom.